The Hall–Kier alpha value is -3.29. The van der Waals surface area contributed by atoms with Crippen molar-refractivity contribution in [3.63, 3.8) is 0 Å². The smallest absolute Gasteiger partial charge is 0.295 e. The van der Waals surface area contributed by atoms with Crippen LogP contribution in [-0.4, -0.2) is 36.0 Å². The fourth-order valence-corrected chi connectivity index (χ4v) is 7.24. The predicted octanol–water partition coefficient (Wildman–Crippen LogP) is 6.90. The molecule has 1 aliphatic heterocycles. The van der Waals surface area contributed by atoms with E-state index in [0.29, 0.717) is 30.1 Å². The molecule has 1 saturated carbocycles. The van der Waals surface area contributed by atoms with E-state index in [0.717, 1.165) is 48.9 Å². The van der Waals surface area contributed by atoms with Crippen molar-refractivity contribution in [2.75, 3.05) is 0 Å². The second-order valence-electron chi connectivity index (χ2n) is 12.5. The van der Waals surface area contributed by atoms with Gasteiger partial charge in [-0.25, -0.2) is 4.79 Å². The van der Waals surface area contributed by atoms with Crippen molar-refractivity contribution in [1.82, 2.24) is 29.8 Å². The fourth-order valence-electron chi connectivity index (χ4n) is 7.24. The molecule has 1 N–H and O–H groups in total. The number of benzene rings is 1. The van der Waals surface area contributed by atoms with Crippen molar-refractivity contribution < 1.29 is 0 Å². The SMILES string of the molecule is CCCCc1cn(C2C(CC)CCCCCC2C(C)C)c(=O)n1CC1(c2cccc(-c3nn[nH]n3)c2)C=CN=CC1. The molecule has 1 fully saturated rings. The molecule has 220 valence electrons. The van der Waals surface area contributed by atoms with Crippen LogP contribution in [0.4, 0.5) is 0 Å². The number of hydrogen-bond donors (Lipinski definition) is 1. The number of unbranched alkanes of at least 4 members (excludes halogenated alkanes) is 1. The third kappa shape index (κ3) is 6.16. The van der Waals surface area contributed by atoms with Crippen LogP contribution in [0.25, 0.3) is 11.4 Å². The lowest BCUT2D eigenvalue weighted by atomic mass is 9.74. The second kappa shape index (κ2) is 13.1. The van der Waals surface area contributed by atoms with E-state index in [1.54, 1.807) is 0 Å². The number of aryl methyl sites for hydroxylation is 1. The zero-order valence-corrected chi connectivity index (χ0v) is 25.3. The van der Waals surface area contributed by atoms with E-state index < -0.39 is 5.41 Å². The van der Waals surface area contributed by atoms with Crippen molar-refractivity contribution in [2.45, 2.75) is 110 Å². The number of nitrogens with zero attached hydrogens (tertiary/aromatic N) is 6. The molecule has 0 bridgehead atoms. The Balaban J connectivity index is 1.60. The third-order valence-electron chi connectivity index (χ3n) is 9.63. The molecule has 4 atom stereocenters. The first-order valence-corrected chi connectivity index (χ1v) is 15.8. The van der Waals surface area contributed by atoms with Crippen LogP contribution in [0.2, 0.25) is 0 Å². The largest absolute Gasteiger partial charge is 0.328 e. The van der Waals surface area contributed by atoms with E-state index in [2.05, 4.69) is 86.9 Å². The van der Waals surface area contributed by atoms with E-state index >= 15 is 0 Å². The summed E-state index contributed by atoms with van der Waals surface area (Å²) in [6, 6.07) is 8.58. The maximum absolute atomic E-state index is 14.6. The number of aromatic amines is 1. The molecule has 1 aliphatic carbocycles. The van der Waals surface area contributed by atoms with Crippen LogP contribution >= 0.6 is 0 Å². The van der Waals surface area contributed by atoms with Gasteiger partial charge >= 0.3 is 5.69 Å². The molecular weight excluding hydrogens is 510 g/mol. The highest BCUT2D eigenvalue weighted by atomic mass is 16.1. The summed E-state index contributed by atoms with van der Waals surface area (Å²) in [6.07, 6.45) is 19.4. The van der Waals surface area contributed by atoms with E-state index in [9.17, 15) is 4.79 Å². The molecule has 3 aromatic rings. The number of H-pyrrole nitrogens is 1. The van der Waals surface area contributed by atoms with Crippen molar-refractivity contribution in [2.24, 2.45) is 22.7 Å². The Kier molecular flexibility index (Phi) is 9.35. The van der Waals surface area contributed by atoms with Crippen LogP contribution in [0.1, 0.15) is 103 Å². The molecular formula is C33H47N7O. The first-order valence-electron chi connectivity index (χ1n) is 15.8. The highest BCUT2D eigenvalue weighted by Gasteiger charge is 2.37. The first kappa shape index (κ1) is 29.2. The Morgan fingerprint density at radius 1 is 1.15 bits per heavy atom. The molecule has 2 aliphatic rings. The third-order valence-corrected chi connectivity index (χ3v) is 9.63. The van der Waals surface area contributed by atoms with Gasteiger partial charge in [0.05, 0.1) is 0 Å². The zero-order chi connectivity index (χ0) is 28.8. The summed E-state index contributed by atoms with van der Waals surface area (Å²) in [5.41, 5.74) is 2.93. The minimum Gasteiger partial charge on any atom is -0.295 e. The molecule has 0 radical (unpaired) electrons. The topological polar surface area (TPSA) is 93.8 Å². The normalized spacial score (nSPS) is 25.0. The van der Waals surface area contributed by atoms with Gasteiger partial charge in [-0.05, 0) is 66.7 Å². The van der Waals surface area contributed by atoms with E-state index in [1.165, 1.54) is 32.1 Å². The molecule has 8 nitrogen and oxygen atoms in total. The van der Waals surface area contributed by atoms with E-state index in [-0.39, 0.29) is 11.7 Å². The molecule has 8 heteroatoms. The second-order valence-corrected chi connectivity index (χ2v) is 12.5. The number of aromatic nitrogens is 6. The van der Waals surface area contributed by atoms with E-state index in [1.807, 2.05) is 24.5 Å². The number of imidazole rings is 1. The molecule has 0 spiro atoms. The summed E-state index contributed by atoms with van der Waals surface area (Å²) in [5, 5.41) is 14.7. The lowest BCUT2D eigenvalue weighted by molar-refractivity contribution is 0.137. The molecule has 41 heavy (non-hydrogen) atoms. The van der Waals surface area contributed by atoms with Gasteiger partial charge in [-0.15, -0.1) is 10.2 Å². The molecule has 1 aromatic carbocycles. The number of rotatable bonds is 10. The minimum atomic E-state index is -0.402. The average molecular weight is 558 g/mol. The van der Waals surface area contributed by atoms with Crippen LogP contribution in [0.3, 0.4) is 0 Å². The Labute approximate surface area is 244 Å². The summed E-state index contributed by atoms with van der Waals surface area (Å²) >= 11 is 0. The first-order chi connectivity index (χ1) is 20.0. The maximum atomic E-state index is 14.6. The van der Waals surface area contributed by atoms with Crippen LogP contribution in [0.15, 0.2) is 52.5 Å². The van der Waals surface area contributed by atoms with Gasteiger partial charge in [0.15, 0.2) is 0 Å². The Bertz CT molecular complexity index is 1380. The Morgan fingerprint density at radius 3 is 2.71 bits per heavy atom. The Morgan fingerprint density at radius 2 is 2.00 bits per heavy atom. The maximum Gasteiger partial charge on any atom is 0.328 e. The lowest BCUT2D eigenvalue weighted by Crippen LogP contribution is -2.40. The van der Waals surface area contributed by atoms with Gasteiger partial charge < -0.3 is 0 Å². The number of tetrazole rings is 1. The highest BCUT2D eigenvalue weighted by molar-refractivity contribution is 5.65. The lowest BCUT2D eigenvalue weighted by Gasteiger charge is -2.38. The number of hydrogen-bond acceptors (Lipinski definition) is 5. The van der Waals surface area contributed by atoms with Gasteiger partial charge in [0.1, 0.15) is 0 Å². The molecule has 5 rings (SSSR count). The van der Waals surface area contributed by atoms with Crippen LogP contribution in [-0.2, 0) is 18.4 Å². The van der Waals surface area contributed by atoms with Crippen LogP contribution < -0.4 is 5.69 Å². The molecule has 0 saturated heterocycles. The van der Waals surface area contributed by atoms with Gasteiger partial charge in [0, 0.05) is 47.9 Å². The fraction of sp³-hybridized carbons (Fsp3) is 0.606. The monoisotopic (exact) mass is 557 g/mol. The average Bonchev–Trinajstić information content (AvgIpc) is 3.62. The molecule has 0 amide bonds. The van der Waals surface area contributed by atoms with Gasteiger partial charge in [0.2, 0.25) is 5.82 Å². The zero-order valence-electron chi connectivity index (χ0n) is 25.3. The van der Waals surface area contributed by atoms with E-state index in [4.69, 9.17) is 0 Å². The summed E-state index contributed by atoms with van der Waals surface area (Å²) in [7, 11) is 0. The van der Waals surface area contributed by atoms with Crippen molar-refractivity contribution in [1.29, 1.82) is 0 Å². The summed E-state index contributed by atoms with van der Waals surface area (Å²) in [6.45, 7) is 9.82. The van der Waals surface area contributed by atoms with Gasteiger partial charge in [-0.3, -0.25) is 14.1 Å². The number of nitrogens with one attached hydrogen (secondary N) is 1. The van der Waals surface area contributed by atoms with Gasteiger partial charge in [0.25, 0.3) is 0 Å². The van der Waals surface area contributed by atoms with Gasteiger partial charge in [-0.1, -0.05) is 84.1 Å². The van der Waals surface area contributed by atoms with Crippen molar-refractivity contribution >= 4 is 6.21 Å². The molecule has 4 unspecified atom stereocenters. The van der Waals surface area contributed by atoms with Gasteiger partial charge in [-0.2, -0.15) is 5.21 Å². The molecule has 3 heterocycles. The summed E-state index contributed by atoms with van der Waals surface area (Å²) in [4.78, 5) is 19.0. The van der Waals surface area contributed by atoms with Crippen molar-refractivity contribution in [3.05, 3.63) is 64.5 Å². The predicted molar refractivity (Wildman–Crippen MR) is 165 cm³/mol. The summed E-state index contributed by atoms with van der Waals surface area (Å²) in [5.74, 6) is 2.14. The quantitative estimate of drug-likeness (QED) is 0.293. The van der Waals surface area contributed by atoms with Crippen LogP contribution in [0.5, 0.6) is 0 Å². The highest BCUT2D eigenvalue weighted by Crippen LogP contribution is 2.41. The molecule has 2 aromatic heterocycles. The number of aliphatic imine (C=N–C) groups is 1. The summed E-state index contributed by atoms with van der Waals surface area (Å²) < 4.78 is 4.28. The number of allylic oxidation sites excluding steroid dienone is 1. The minimum absolute atomic E-state index is 0.149. The van der Waals surface area contributed by atoms with Crippen LogP contribution in [0, 0.1) is 17.8 Å². The standard InChI is InChI=1S/C33H47N7O/c1-5-7-15-28-22-39(30-25(6-2)12-9-8-10-16-29(30)24(3)4)32(41)40(28)23-33(17-19-34-20-18-33)27-14-11-13-26(21-27)31-35-37-38-36-31/h11,13-14,17,19-22,24-25,29-30H,5-10,12,15-16,18,23H2,1-4H3,(H,35,36,37,38). The van der Waals surface area contributed by atoms with Crippen molar-refractivity contribution in [3.8, 4) is 11.4 Å².